The monoisotopic (exact) mass is 279 g/mol. The average Bonchev–Trinajstić information content (AvgIpc) is 2.36. The van der Waals surface area contributed by atoms with Crippen molar-refractivity contribution in [2.45, 2.75) is 31.9 Å². The third-order valence-corrected chi connectivity index (χ3v) is 3.29. The number of hydrogen-bond acceptors (Lipinski definition) is 4. The van der Waals surface area contributed by atoms with Crippen LogP contribution in [0.2, 0.25) is 0 Å². The smallest absolute Gasteiger partial charge is 0.246 e. The van der Waals surface area contributed by atoms with Crippen LogP contribution in [0.4, 0.5) is 0 Å². The second-order valence-corrected chi connectivity index (χ2v) is 5.52. The van der Waals surface area contributed by atoms with E-state index >= 15 is 0 Å². The first-order valence-corrected chi connectivity index (χ1v) is 6.60. The molecule has 1 aliphatic rings. The molecule has 1 aromatic rings. The SMILES string of the molecule is COCC(=O)N[C@@H]1CC(C)(C)Oc2cc(OC)ccc21. The summed E-state index contributed by atoms with van der Waals surface area (Å²) in [6.07, 6.45) is 0.710. The molecule has 0 saturated heterocycles. The number of benzene rings is 1. The molecule has 1 aliphatic heterocycles. The third-order valence-electron chi connectivity index (χ3n) is 3.29. The summed E-state index contributed by atoms with van der Waals surface area (Å²) >= 11 is 0. The van der Waals surface area contributed by atoms with Crippen LogP contribution < -0.4 is 14.8 Å². The van der Waals surface area contributed by atoms with Crippen LogP contribution in [0, 0.1) is 0 Å². The van der Waals surface area contributed by atoms with Gasteiger partial charge in [-0.15, -0.1) is 0 Å². The molecule has 0 fully saturated rings. The molecule has 5 heteroatoms. The van der Waals surface area contributed by atoms with Gasteiger partial charge in [0.2, 0.25) is 5.91 Å². The number of carbonyl (C=O) groups excluding carboxylic acids is 1. The molecule has 0 saturated carbocycles. The molecule has 2 rings (SSSR count). The Balaban J connectivity index is 2.28. The lowest BCUT2D eigenvalue weighted by atomic mass is 9.89. The lowest BCUT2D eigenvalue weighted by molar-refractivity contribution is -0.126. The van der Waals surface area contributed by atoms with Gasteiger partial charge in [-0.1, -0.05) is 0 Å². The van der Waals surface area contributed by atoms with Crippen LogP contribution in [-0.2, 0) is 9.53 Å². The number of carbonyl (C=O) groups is 1. The summed E-state index contributed by atoms with van der Waals surface area (Å²) in [5.74, 6) is 1.36. The van der Waals surface area contributed by atoms with Gasteiger partial charge >= 0.3 is 0 Å². The highest BCUT2D eigenvalue weighted by Crippen LogP contribution is 2.41. The predicted octanol–water partition coefficient (Wildman–Crippen LogP) is 2.06. The summed E-state index contributed by atoms with van der Waals surface area (Å²) in [6.45, 7) is 4.07. The van der Waals surface area contributed by atoms with Gasteiger partial charge in [-0.05, 0) is 26.0 Å². The van der Waals surface area contributed by atoms with E-state index in [1.807, 2.05) is 32.0 Å². The van der Waals surface area contributed by atoms with Crippen LogP contribution in [0.3, 0.4) is 0 Å². The van der Waals surface area contributed by atoms with E-state index in [0.717, 1.165) is 17.1 Å². The molecule has 0 aliphatic carbocycles. The van der Waals surface area contributed by atoms with Crippen molar-refractivity contribution in [3.05, 3.63) is 23.8 Å². The van der Waals surface area contributed by atoms with E-state index in [2.05, 4.69) is 5.32 Å². The van der Waals surface area contributed by atoms with Crippen LogP contribution >= 0.6 is 0 Å². The maximum atomic E-state index is 11.8. The minimum Gasteiger partial charge on any atom is -0.497 e. The van der Waals surface area contributed by atoms with Crippen molar-refractivity contribution in [3.63, 3.8) is 0 Å². The van der Waals surface area contributed by atoms with E-state index in [9.17, 15) is 4.79 Å². The van der Waals surface area contributed by atoms with E-state index in [-0.39, 0.29) is 24.2 Å². The fourth-order valence-corrected chi connectivity index (χ4v) is 2.45. The molecule has 20 heavy (non-hydrogen) atoms. The van der Waals surface area contributed by atoms with Gasteiger partial charge in [0.1, 0.15) is 23.7 Å². The molecule has 0 bridgehead atoms. The number of nitrogens with one attached hydrogen (secondary N) is 1. The quantitative estimate of drug-likeness (QED) is 0.916. The van der Waals surface area contributed by atoms with Crippen molar-refractivity contribution in [1.29, 1.82) is 0 Å². The Morgan fingerprint density at radius 1 is 1.45 bits per heavy atom. The molecule has 0 spiro atoms. The molecule has 110 valence electrons. The molecule has 1 amide bonds. The zero-order valence-electron chi connectivity index (χ0n) is 12.4. The molecule has 0 unspecified atom stereocenters. The second kappa shape index (κ2) is 5.71. The minimum absolute atomic E-state index is 0.0588. The van der Waals surface area contributed by atoms with E-state index in [4.69, 9.17) is 14.2 Å². The molecular formula is C15H21NO4. The molecule has 0 radical (unpaired) electrons. The van der Waals surface area contributed by atoms with Crippen LogP contribution in [0.15, 0.2) is 18.2 Å². The van der Waals surface area contributed by atoms with Gasteiger partial charge in [0.25, 0.3) is 0 Å². The van der Waals surface area contributed by atoms with Crippen molar-refractivity contribution in [1.82, 2.24) is 5.32 Å². The largest absolute Gasteiger partial charge is 0.497 e. The summed E-state index contributed by atoms with van der Waals surface area (Å²) < 4.78 is 16.0. The van der Waals surface area contributed by atoms with Crippen LogP contribution in [0.5, 0.6) is 11.5 Å². The highest BCUT2D eigenvalue weighted by atomic mass is 16.5. The van der Waals surface area contributed by atoms with Gasteiger partial charge in [-0.2, -0.15) is 0 Å². The van der Waals surface area contributed by atoms with Crippen molar-refractivity contribution < 1.29 is 19.0 Å². The van der Waals surface area contributed by atoms with E-state index < -0.39 is 0 Å². The highest BCUT2D eigenvalue weighted by Gasteiger charge is 2.34. The fraction of sp³-hybridized carbons (Fsp3) is 0.533. The molecular weight excluding hydrogens is 258 g/mol. The Hall–Kier alpha value is -1.75. The normalized spacial score (nSPS) is 19.7. The van der Waals surface area contributed by atoms with Gasteiger partial charge in [0.15, 0.2) is 0 Å². The van der Waals surface area contributed by atoms with Gasteiger partial charge in [0.05, 0.1) is 13.2 Å². The molecule has 1 heterocycles. The lowest BCUT2D eigenvalue weighted by Gasteiger charge is -2.38. The molecule has 1 aromatic carbocycles. The van der Waals surface area contributed by atoms with Crippen LogP contribution in [-0.4, -0.2) is 32.3 Å². The minimum atomic E-state index is -0.343. The van der Waals surface area contributed by atoms with Crippen molar-refractivity contribution in [2.75, 3.05) is 20.8 Å². The van der Waals surface area contributed by atoms with E-state index in [1.165, 1.54) is 7.11 Å². The molecule has 1 N–H and O–H groups in total. The number of rotatable bonds is 4. The Labute approximate surface area is 119 Å². The highest BCUT2D eigenvalue weighted by molar-refractivity contribution is 5.77. The number of amides is 1. The Kier molecular flexibility index (Phi) is 4.18. The second-order valence-electron chi connectivity index (χ2n) is 5.52. The summed E-state index contributed by atoms with van der Waals surface area (Å²) in [5.41, 5.74) is 0.624. The zero-order chi connectivity index (χ0) is 14.8. The Morgan fingerprint density at radius 3 is 2.85 bits per heavy atom. The summed E-state index contributed by atoms with van der Waals surface area (Å²) in [6, 6.07) is 5.57. The van der Waals surface area contributed by atoms with Gasteiger partial charge in [-0.25, -0.2) is 0 Å². The third kappa shape index (κ3) is 3.22. The number of ether oxygens (including phenoxy) is 3. The van der Waals surface area contributed by atoms with Crippen LogP contribution in [0.1, 0.15) is 31.9 Å². The first kappa shape index (κ1) is 14.7. The summed E-state index contributed by atoms with van der Waals surface area (Å²) in [5, 5.41) is 2.98. The van der Waals surface area contributed by atoms with Crippen molar-refractivity contribution in [2.24, 2.45) is 0 Å². The first-order chi connectivity index (χ1) is 9.45. The predicted molar refractivity (Wildman–Crippen MR) is 75.1 cm³/mol. The maximum absolute atomic E-state index is 11.8. The maximum Gasteiger partial charge on any atom is 0.246 e. The summed E-state index contributed by atoms with van der Waals surface area (Å²) in [4.78, 5) is 11.8. The Bertz CT molecular complexity index is 499. The summed E-state index contributed by atoms with van der Waals surface area (Å²) in [7, 11) is 3.12. The van der Waals surface area contributed by atoms with Crippen molar-refractivity contribution >= 4 is 5.91 Å². The molecule has 5 nitrogen and oxygen atoms in total. The van der Waals surface area contributed by atoms with E-state index in [1.54, 1.807) is 7.11 Å². The zero-order valence-corrected chi connectivity index (χ0v) is 12.4. The topological polar surface area (TPSA) is 56.8 Å². The van der Waals surface area contributed by atoms with Gasteiger partial charge < -0.3 is 19.5 Å². The van der Waals surface area contributed by atoms with Crippen molar-refractivity contribution in [3.8, 4) is 11.5 Å². The average molecular weight is 279 g/mol. The number of methoxy groups -OCH3 is 2. The van der Waals surface area contributed by atoms with Gasteiger partial charge in [-0.3, -0.25) is 4.79 Å². The number of fused-ring (bicyclic) bond motifs is 1. The lowest BCUT2D eigenvalue weighted by Crippen LogP contribution is -2.42. The molecule has 0 aromatic heterocycles. The first-order valence-electron chi connectivity index (χ1n) is 6.60. The standard InChI is InChI=1S/C15H21NO4/c1-15(2)8-12(16-14(17)9-18-3)11-6-5-10(19-4)7-13(11)20-15/h5-7,12H,8-9H2,1-4H3,(H,16,17)/t12-/m1/s1. The Morgan fingerprint density at radius 2 is 2.20 bits per heavy atom. The fourth-order valence-electron chi connectivity index (χ4n) is 2.45. The van der Waals surface area contributed by atoms with Gasteiger partial charge in [0, 0.05) is 25.2 Å². The molecule has 1 atom stereocenters. The number of hydrogen-bond donors (Lipinski definition) is 1. The van der Waals surface area contributed by atoms with E-state index in [0.29, 0.717) is 6.42 Å². The van der Waals surface area contributed by atoms with Crippen LogP contribution in [0.25, 0.3) is 0 Å².